The normalized spacial score (nSPS) is 10.1. The third kappa shape index (κ3) is 4.23. The molecule has 0 aliphatic rings. The summed E-state index contributed by atoms with van der Waals surface area (Å²) in [5, 5.41) is 5.97. The van der Waals surface area contributed by atoms with E-state index in [2.05, 4.69) is 10.6 Å². The first-order valence-electron chi connectivity index (χ1n) is 6.65. The van der Waals surface area contributed by atoms with Crippen molar-refractivity contribution in [2.45, 2.75) is 6.92 Å². The predicted octanol–water partition coefficient (Wildman–Crippen LogP) is 2.80. The smallest absolute Gasteiger partial charge is 0.250 e. The summed E-state index contributed by atoms with van der Waals surface area (Å²) in [6.07, 6.45) is 0. The number of benzene rings is 2. The number of carbonyl (C=O) groups is 2. The first kappa shape index (κ1) is 15.9. The first-order chi connectivity index (χ1) is 10.5. The highest BCUT2D eigenvalue weighted by Crippen LogP contribution is 2.20. The van der Waals surface area contributed by atoms with E-state index in [1.54, 1.807) is 12.1 Å². The van der Waals surface area contributed by atoms with Crippen LogP contribution in [-0.2, 0) is 4.79 Å². The van der Waals surface area contributed by atoms with Crippen LogP contribution in [-0.4, -0.2) is 18.4 Å². The van der Waals surface area contributed by atoms with Crippen molar-refractivity contribution in [1.29, 1.82) is 0 Å². The second kappa shape index (κ2) is 6.95. The lowest BCUT2D eigenvalue weighted by atomic mass is 10.2. The van der Waals surface area contributed by atoms with E-state index in [1.807, 2.05) is 31.2 Å². The zero-order chi connectivity index (χ0) is 16.1. The SMILES string of the molecule is Cc1cccc(NC(=O)CNc2ccc(C(N)=O)c(Cl)c2)c1. The lowest BCUT2D eigenvalue weighted by molar-refractivity contribution is -0.114. The number of nitrogens with one attached hydrogen (secondary N) is 2. The molecule has 114 valence electrons. The molecule has 0 spiro atoms. The van der Waals surface area contributed by atoms with E-state index >= 15 is 0 Å². The topological polar surface area (TPSA) is 84.2 Å². The van der Waals surface area contributed by atoms with Crippen LogP contribution in [0.15, 0.2) is 42.5 Å². The largest absolute Gasteiger partial charge is 0.376 e. The molecule has 0 aliphatic heterocycles. The highest BCUT2D eigenvalue weighted by molar-refractivity contribution is 6.34. The molecule has 0 heterocycles. The summed E-state index contributed by atoms with van der Waals surface area (Å²) in [4.78, 5) is 23.0. The average molecular weight is 318 g/mol. The molecule has 2 aromatic rings. The van der Waals surface area contributed by atoms with Crippen LogP contribution in [0.1, 0.15) is 15.9 Å². The van der Waals surface area contributed by atoms with E-state index < -0.39 is 5.91 Å². The van der Waals surface area contributed by atoms with Gasteiger partial charge in [0.25, 0.3) is 0 Å². The summed E-state index contributed by atoms with van der Waals surface area (Å²) >= 11 is 5.95. The van der Waals surface area contributed by atoms with Gasteiger partial charge in [-0.05, 0) is 42.8 Å². The number of amides is 2. The van der Waals surface area contributed by atoms with Crippen LogP contribution >= 0.6 is 11.6 Å². The number of nitrogens with two attached hydrogens (primary N) is 1. The Labute approximate surface area is 133 Å². The Kier molecular flexibility index (Phi) is 5.01. The van der Waals surface area contributed by atoms with Gasteiger partial charge in [-0.15, -0.1) is 0 Å². The van der Waals surface area contributed by atoms with Crippen molar-refractivity contribution < 1.29 is 9.59 Å². The van der Waals surface area contributed by atoms with Crippen LogP contribution in [0.25, 0.3) is 0 Å². The molecule has 22 heavy (non-hydrogen) atoms. The quantitative estimate of drug-likeness (QED) is 0.792. The van der Waals surface area contributed by atoms with E-state index in [4.69, 9.17) is 17.3 Å². The third-order valence-electron chi connectivity index (χ3n) is 2.99. The standard InChI is InChI=1S/C16H16ClN3O2/c1-10-3-2-4-12(7-10)20-15(21)9-19-11-5-6-13(16(18)22)14(17)8-11/h2-8,19H,9H2,1H3,(H2,18,22)(H,20,21). The number of carbonyl (C=O) groups excluding carboxylic acids is 2. The second-order valence-corrected chi connectivity index (χ2v) is 5.24. The maximum absolute atomic E-state index is 11.9. The van der Waals surface area contributed by atoms with Crippen LogP contribution in [0.4, 0.5) is 11.4 Å². The second-order valence-electron chi connectivity index (χ2n) is 4.83. The number of primary amides is 1. The van der Waals surface area contributed by atoms with E-state index in [1.165, 1.54) is 6.07 Å². The van der Waals surface area contributed by atoms with Gasteiger partial charge in [-0.1, -0.05) is 23.7 Å². The Bertz CT molecular complexity index is 716. The fraction of sp³-hybridized carbons (Fsp3) is 0.125. The summed E-state index contributed by atoms with van der Waals surface area (Å²) in [7, 11) is 0. The minimum atomic E-state index is -0.589. The fourth-order valence-corrected chi connectivity index (χ4v) is 2.21. The number of hydrogen-bond acceptors (Lipinski definition) is 3. The molecule has 0 saturated carbocycles. The lowest BCUT2D eigenvalue weighted by Gasteiger charge is -2.09. The highest BCUT2D eigenvalue weighted by Gasteiger charge is 2.08. The van der Waals surface area contributed by atoms with Crippen molar-refractivity contribution >= 4 is 34.8 Å². The number of anilines is 2. The van der Waals surface area contributed by atoms with Crippen molar-refractivity contribution in [2.75, 3.05) is 17.2 Å². The van der Waals surface area contributed by atoms with Gasteiger partial charge in [0.05, 0.1) is 17.1 Å². The molecule has 0 radical (unpaired) electrons. The van der Waals surface area contributed by atoms with E-state index in [0.717, 1.165) is 11.3 Å². The molecule has 2 rings (SSSR count). The molecule has 0 bridgehead atoms. The van der Waals surface area contributed by atoms with Gasteiger partial charge in [0.15, 0.2) is 0 Å². The first-order valence-corrected chi connectivity index (χ1v) is 7.03. The summed E-state index contributed by atoms with van der Waals surface area (Å²) in [5.74, 6) is -0.769. The molecule has 2 amide bonds. The molecule has 0 fully saturated rings. The van der Waals surface area contributed by atoms with Gasteiger partial charge in [-0.2, -0.15) is 0 Å². The molecule has 0 saturated heterocycles. The summed E-state index contributed by atoms with van der Waals surface area (Å²) < 4.78 is 0. The van der Waals surface area contributed by atoms with Gasteiger partial charge in [0, 0.05) is 11.4 Å². The van der Waals surface area contributed by atoms with Crippen molar-refractivity contribution in [3.63, 3.8) is 0 Å². The molecule has 6 heteroatoms. The maximum atomic E-state index is 11.9. The number of hydrogen-bond donors (Lipinski definition) is 3. The monoisotopic (exact) mass is 317 g/mol. The summed E-state index contributed by atoms with van der Waals surface area (Å²) in [6.45, 7) is 2.04. The molecular formula is C16H16ClN3O2. The third-order valence-corrected chi connectivity index (χ3v) is 3.30. The minimum absolute atomic E-state index is 0.0835. The molecule has 5 nitrogen and oxygen atoms in total. The molecule has 0 atom stereocenters. The van der Waals surface area contributed by atoms with Crippen molar-refractivity contribution in [3.8, 4) is 0 Å². The van der Waals surface area contributed by atoms with Crippen LogP contribution in [0.3, 0.4) is 0 Å². The zero-order valence-corrected chi connectivity index (χ0v) is 12.8. The van der Waals surface area contributed by atoms with Crippen LogP contribution < -0.4 is 16.4 Å². The molecule has 2 aromatic carbocycles. The number of aryl methyl sites for hydroxylation is 1. The Morgan fingerprint density at radius 2 is 1.91 bits per heavy atom. The molecule has 0 aliphatic carbocycles. The lowest BCUT2D eigenvalue weighted by Crippen LogP contribution is -2.21. The van der Waals surface area contributed by atoms with Crippen molar-refractivity contribution in [3.05, 3.63) is 58.6 Å². The summed E-state index contributed by atoms with van der Waals surface area (Å²) in [6, 6.07) is 12.3. The maximum Gasteiger partial charge on any atom is 0.250 e. The van der Waals surface area contributed by atoms with Crippen LogP contribution in [0, 0.1) is 6.92 Å². The van der Waals surface area contributed by atoms with E-state index in [0.29, 0.717) is 5.69 Å². The Morgan fingerprint density at radius 3 is 2.55 bits per heavy atom. The van der Waals surface area contributed by atoms with Gasteiger partial charge < -0.3 is 16.4 Å². The molecular weight excluding hydrogens is 302 g/mol. The number of rotatable bonds is 5. The minimum Gasteiger partial charge on any atom is -0.376 e. The Balaban J connectivity index is 1.94. The van der Waals surface area contributed by atoms with Gasteiger partial charge in [0.2, 0.25) is 11.8 Å². The number of halogens is 1. The zero-order valence-electron chi connectivity index (χ0n) is 12.0. The van der Waals surface area contributed by atoms with Crippen LogP contribution in [0.2, 0.25) is 5.02 Å². The Hall–Kier alpha value is -2.53. The molecule has 0 aromatic heterocycles. The fourth-order valence-electron chi connectivity index (χ4n) is 1.94. The van der Waals surface area contributed by atoms with Gasteiger partial charge >= 0.3 is 0 Å². The average Bonchev–Trinajstić information content (AvgIpc) is 2.45. The van der Waals surface area contributed by atoms with Crippen molar-refractivity contribution in [1.82, 2.24) is 0 Å². The molecule has 0 unspecified atom stereocenters. The Morgan fingerprint density at radius 1 is 1.14 bits per heavy atom. The van der Waals surface area contributed by atoms with Gasteiger partial charge in [-0.3, -0.25) is 9.59 Å². The van der Waals surface area contributed by atoms with Gasteiger partial charge in [0.1, 0.15) is 0 Å². The van der Waals surface area contributed by atoms with Gasteiger partial charge in [-0.25, -0.2) is 0 Å². The van der Waals surface area contributed by atoms with E-state index in [9.17, 15) is 9.59 Å². The predicted molar refractivity (Wildman–Crippen MR) is 88.3 cm³/mol. The van der Waals surface area contributed by atoms with Crippen LogP contribution in [0.5, 0.6) is 0 Å². The molecule has 4 N–H and O–H groups in total. The highest BCUT2D eigenvalue weighted by atomic mass is 35.5. The summed E-state index contributed by atoms with van der Waals surface area (Å²) in [5.41, 5.74) is 7.87. The van der Waals surface area contributed by atoms with Crippen molar-refractivity contribution in [2.24, 2.45) is 5.73 Å². The van der Waals surface area contributed by atoms with E-state index in [-0.39, 0.29) is 23.0 Å².